The van der Waals surface area contributed by atoms with E-state index in [4.69, 9.17) is 5.73 Å². The minimum atomic E-state index is -2.95. The number of hydrogen-bond acceptors (Lipinski definition) is 5. The molecular weight excluding hydrogens is 232 g/mol. The Hall–Kier alpha value is -0.620. The number of sulfone groups is 1. The molecule has 0 aliphatic carbocycles. The van der Waals surface area contributed by atoms with Gasteiger partial charge in [-0.05, 0) is 12.8 Å². The van der Waals surface area contributed by atoms with Crippen LogP contribution < -0.4 is 5.73 Å². The van der Waals surface area contributed by atoms with Gasteiger partial charge in [0.05, 0.1) is 16.2 Å². The highest BCUT2D eigenvalue weighted by Gasteiger charge is 2.45. The predicted molar refractivity (Wildman–Crippen MR) is 59.5 cm³/mol. The Balaban J connectivity index is 2.21. The van der Waals surface area contributed by atoms with E-state index in [1.807, 2.05) is 0 Å². The van der Waals surface area contributed by atoms with Crippen molar-refractivity contribution in [3.05, 3.63) is 10.6 Å². The lowest BCUT2D eigenvalue weighted by Gasteiger charge is -2.33. The lowest BCUT2D eigenvalue weighted by atomic mass is 10.0. The van der Waals surface area contributed by atoms with E-state index < -0.39 is 9.84 Å². The van der Waals surface area contributed by atoms with Gasteiger partial charge in [0.2, 0.25) is 0 Å². The Bertz CT molecular complexity index is 506. The molecule has 2 aliphatic rings. The molecule has 3 heterocycles. The molecule has 0 spiro atoms. The molecule has 4 nitrogen and oxygen atoms in total. The highest BCUT2D eigenvalue weighted by atomic mass is 32.2. The van der Waals surface area contributed by atoms with E-state index in [9.17, 15) is 8.42 Å². The number of nitrogens with zero attached hydrogens (tertiary/aromatic N) is 1. The quantitative estimate of drug-likeness (QED) is 0.746. The maximum Gasteiger partial charge on any atom is 0.180 e. The molecule has 82 valence electrons. The molecule has 2 atom stereocenters. The fourth-order valence-electron chi connectivity index (χ4n) is 2.59. The zero-order valence-corrected chi connectivity index (χ0v) is 9.77. The van der Waals surface area contributed by atoms with Crippen LogP contribution in [0.2, 0.25) is 0 Å². The van der Waals surface area contributed by atoms with Crippen LogP contribution in [-0.4, -0.2) is 18.7 Å². The van der Waals surface area contributed by atoms with Crippen molar-refractivity contribution in [3.8, 4) is 0 Å². The first-order chi connectivity index (χ1) is 7.09. The number of rotatable bonds is 0. The Morgan fingerprint density at radius 3 is 3.00 bits per heavy atom. The summed E-state index contributed by atoms with van der Waals surface area (Å²) in [6.45, 7) is 0. The van der Waals surface area contributed by atoms with Gasteiger partial charge < -0.3 is 5.73 Å². The second-order valence-corrected chi connectivity index (χ2v) is 7.67. The molecule has 0 amide bonds. The van der Waals surface area contributed by atoms with Crippen LogP contribution in [0.4, 0.5) is 5.13 Å². The van der Waals surface area contributed by atoms with Crippen molar-refractivity contribution >= 4 is 26.3 Å². The summed E-state index contributed by atoms with van der Waals surface area (Å²) in [5.41, 5.74) is 6.57. The van der Waals surface area contributed by atoms with Crippen LogP contribution in [0.5, 0.6) is 0 Å². The highest BCUT2D eigenvalue weighted by Crippen LogP contribution is 2.46. The van der Waals surface area contributed by atoms with Crippen molar-refractivity contribution in [3.63, 3.8) is 0 Å². The van der Waals surface area contributed by atoms with Gasteiger partial charge >= 0.3 is 0 Å². The molecule has 2 aliphatic heterocycles. The molecule has 2 unspecified atom stereocenters. The van der Waals surface area contributed by atoms with E-state index in [-0.39, 0.29) is 10.5 Å². The van der Waals surface area contributed by atoms with Gasteiger partial charge in [0.1, 0.15) is 0 Å². The third-order valence-electron chi connectivity index (χ3n) is 3.31. The van der Waals surface area contributed by atoms with E-state index in [0.29, 0.717) is 11.6 Å². The molecule has 1 aromatic rings. The average molecular weight is 244 g/mol. The van der Waals surface area contributed by atoms with Gasteiger partial charge in [0.25, 0.3) is 0 Å². The lowest BCUT2D eigenvalue weighted by molar-refractivity contribution is 0.493. The zero-order chi connectivity index (χ0) is 10.6. The topological polar surface area (TPSA) is 73.0 Å². The summed E-state index contributed by atoms with van der Waals surface area (Å²) in [5.74, 6) is 0. The van der Waals surface area contributed by atoms with E-state index >= 15 is 0 Å². The van der Waals surface area contributed by atoms with Gasteiger partial charge in [-0.25, -0.2) is 13.4 Å². The third-order valence-corrected chi connectivity index (χ3v) is 7.10. The molecular formula is C9H12N2O2S2. The van der Waals surface area contributed by atoms with Crippen molar-refractivity contribution in [2.45, 2.75) is 36.2 Å². The van der Waals surface area contributed by atoms with E-state index in [0.717, 1.165) is 29.8 Å². The zero-order valence-electron chi connectivity index (χ0n) is 8.14. The first kappa shape index (κ1) is 9.59. The maximum atomic E-state index is 12.1. The molecule has 1 fully saturated rings. The van der Waals surface area contributed by atoms with Gasteiger partial charge in [-0.15, -0.1) is 11.3 Å². The van der Waals surface area contributed by atoms with Gasteiger partial charge in [-0.2, -0.15) is 0 Å². The van der Waals surface area contributed by atoms with Crippen molar-refractivity contribution < 1.29 is 8.42 Å². The van der Waals surface area contributed by atoms with Gasteiger partial charge in [-0.1, -0.05) is 6.42 Å². The molecule has 15 heavy (non-hydrogen) atoms. The Labute approximate surface area is 92.4 Å². The number of nitrogens with two attached hydrogens (primary N) is 1. The summed E-state index contributed by atoms with van der Waals surface area (Å²) in [7, 11) is -2.95. The minimum Gasteiger partial charge on any atom is -0.375 e. The number of thiazole rings is 1. The van der Waals surface area contributed by atoms with Crippen molar-refractivity contribution in [2.24, 2.45) is 0 Å². The number of nitrogen functional groups attached to an aromatic ring is 1. The monoisotopic (exact) mass is 244 g/mol. The van der Waals surface area contributed by atoms with Crippen LogP contribution in [0.3, 0.4) is 0 Å². The van der Waals surface area contributed by atoms with Crippen LogP contribution in [0.25, 0.3) is 0 Å². The summed E-state index contributed by atoms with van der Waals surface area (Å²) in [6.07, 6.45) is 3.11. The predicted octanol–water partition coefficient (Wildman–Crippen LogP) is 1.29. The molecule has 6 heteroatoms. The summed E-state index contributed by atoms with van der Waals surface area (Å²) in [4.78, 5) is 5.14. The molecule has 2 N–H and O–H groups in total. The summed E-state index contributed by atoms with van der Waals surface area (Å²) >= 11 is 1.35. The highest BCUT2D eigenvalue weighted by molar-refractivity contribution is 7.92. The minimum absolute atomic E-state index is 0.203. The van der Waals surface area contributed by atoms with E-state index in [2.05, 4.69) is 4.98 Å². The maximum absolute atomic E-state index is 12.1. The number of hydrogen-bond donors (Lipinski definition) is 1. The standard InChI is InChI=1S/C9H12N2O2S2/c10-9-11-6-4-5-2-1-3-7(8(6)14-9)15(5,12)13/h5,7H,1-4H2,(H2,10,11). The summed E-state index contributed by atoms with van der Waals surface area (Å²) in [6, 6.07) is 0. The molecule has 3 rings (SSSR count). The van der Waals surface area contributed by atoms with Crippen LogP contribution >= 0.6 is 11.3 Å². The Morgan fingerprint density at radius 2 is 2.20 bits per heavy atom. The van der Waals surface area contributed by atoms with E-state index in [1.165, 1.54) is 11.3 Å². The molecule has 1 saturated heterocycles. The molecule has 2 bridgehead atoms. The van der Waals surface area contributed by atoms with Crippen LogP contribution in [0, 0.1) is 0 Å². The van der Waals surface area contributed by atoms with E-state index in [1.54, 1.807) is 0 Å². The van der Waals surface area contributed by atoms with Crippen molar-refractivity contribution in [1.29, 1.82) is 0 Å². The third kappa shape index (κ3) is 1.24. The van der Waals surface area contributed by atoms with Crippen molar-refractivity contribution in [1.82, 2.24) is 4.98 Å². The van der Waals surface area contributed by atoms with Gasteiger partial charge in [0, 0.05) is 11.3 Å². The summed E-state index contributed by atoms with van der Waals surface area (Å²) in [5, 5.41) is -0.0113. The van der Waals surface area contributed by atoms with Crippen LogP contribution in [0.1, 0.15) is 35.1 Å². The number of anilines is 1. The smallest absolute Gasteiger partial charge is 0.180 e. The number of aromatic nitrogens is 1. The first-order valence-corrected chi connectivity index (χ1v) is 7.49. The molecule has 0 radical (unpaired) electrons. The molecule has 0 aromatic carbocycles. The van der Waals surface area contributed by atoms with Gasteiger partial charge in [0.15, 0.2) is 15.0 Å². The Kier molecular flexibility index (Phi) is 1.88. The fraction of sp³-hybridized carbons (Fsp3) is 0.667. The number of fused-ring (bicyclic) bond motifs is 4. The summed E-state index contributed by atoms with van der Waals surface area (Å²) < 4.78 is 24.2. The van der Waals surface area contributed by atoms with Crippen LogP contribution in [-0.2, 0) is 16.3 Å². The lowest BCUT2D eigenvalue weighted by Crippen LogP contribution is -2.37. The Morgan fingerprint density at radius 1 is 1.40 bits per heavy atom. The fourth-order valence-corrected chi connectivity index (χ4v) is 6.29. The van der Waals surface area contributed by atoms with Gasteiger partial charge in [-0.3, -0.25) is 0 Å². The van der Waals surface area contributed by atoms with Crippen LogP contribution in [0.15, 0.2) is 0 Å². The SMILES string of the molecule is Nc1nc2c(s1)C1CCCC(C2)S1(=O)=O. The molecule has 0 saturated carbocycles. The second-order valence-electron chi connectivity index (χ2n) is 4.20. The molecule has 1 aromatic heterocycles. The van der Waals surface area contributed by atoms with Crippen molar-refractivity contribution in [2.75, 3.05) is 5.73 Å². The normalized spacial score (nSPS) is 32.3. The second kappa shape index (κ2) is 2.95. The first-order valence-electron chi connectivity index (χ1n) is 5.07. The largest absolute Gasteiger partial charge is 0.375 e. The average Bonchev–Trinajstić information content (AvgIpc) is 2.45.